The Morgan fingerprint density at radius 2 is 2.09 bits per heavy atom. The maximum atomic E-state index is 11.3. The summed E-state index contributed by atoms with van der Waals surface area (Å²) in [5, 5.41) is 8.88. The van der Waals surface area contributed by atoms with Crippen molar-refractivity contribution in [3.8, 4) is 6.07 Å². The first-order valence-electron chi connectivity index (χ1n) is 7.15. The third-order valence-corrected chi connectivity index (χ3v) is 5.85. The highest BCUT2D eigenvalue weighted by Crippen LogP contribution is 2.35. The van der Waals surface area contributed by atoms with Gasteiger partial charge in [-0.05, 0) is 43.6 Å². The van der Waals surface area contributed by atoms with Crippen molar-refractivity contribution in [1.29, 1.82) is 5.26 Å². The predicted molar refractivity (Wildman–Crippen MR) is 96.4 cm³/mol. The van der Waals surface area contributed by atoms with Crippen LogP contribution < -0.4 is 4.72 Å². The van der Waals surface area contributed by atoms with Crippen LogP contribution in [0.1, 0.15) is 24.8 Å². The number of nitrogens with zero attached hydrogens (tertiary/aromatic N) is 2. The van der Waals surface area contributed by atoms with Crippen LogP contribution in [0.2, 0.25) is 0 Å². The van der Waals surface area contributed by atoms with Gasteiger partial charge in [-0.25, -0.2) is 8.42 Å². The van der Waals surface area contributed by atoms with Gasteiger partial charge in [0.2, 0.25) is 10.0 Å². The molecule has 0 spiro atoms. The van der Waals surface area contributed by atoms with Crippen LogP contribution in [0.4, 0.5) is 5.69 Å². The molecule has 1 N–H and O–H groups in total. The topological polar surface area (TPSA) is 73.2 Å². The van der Waals surface area contributed by atoms with Crippen LogP contribution >= 0.6 is 22.6 Å². The molecule has 0 unspecified atom stereocenters. The number of piperidine rings is 1. The van der Waals surface area contributed by atoms with Crippen LogP contribution in [0.25, 0.3) is 0 Å². The molecular formula is C15H20IN3O2S. The zero-order valence-electron chi connectivity index (χ0n) is 12.5. The van der Waals surface area contributed by atoms with E-state index in [-0.39, 0.29) is 3.42 Å². The zero-order chi connectivity index (χ0) is 16.2. The zero-order valence-corrected chi connectivity index (χ0v) is 15.5. The average molecular weight is 433 g/mol. The number of rotatable bonds is 5. The van der Waals surface area contributed by atoms with Gasteiger partial charge in [0.05, 0.1) is 12.3 Å². The molecule has 0 bridgehead atoms. The van der Waals surface area contributed by atoms with Gasteiger partial charge in [0.1, 0.15) is 0 Å². The lowest BCUT2D eigenvalue weighted by Gasteiger charge is -2.36. The minimum Gasteiger partial charge on any atom is -0.299 e. The van der Waals surface area contributed by atoms with E-state index in [0.717, 1.165) is 44.3 Å². The van der Waals surface area contributed by atoms with Crippen LogP contribution in [-0.4, -0.2) is 36.1 Å². The molecule has 1 saturated heterocycles. The molecule has 0 atom stereocenters. The fraction of sp³-hybridized carbons (Fsp3) is 0.533. The van der Waals surface area contributed by atoms with E-state index in [1.807, 2.05) is 18.2 Å². The third-order valence-electron chi connectivity index (χ3n) is 3.78. The maximum Gasteiger partial charge on any atom is 0.229 e. The Morgan fingerprint density at radius 3 is 2.68 bits per heavy atom. The summed E-state index contributed by atoms with van der Waals surface area (Å²) in [6.07, 6.45) is 3.79. The van der Waals surface area contributed by atoms with Gasteiger partial charge in [-0.3, -0.25) is 9.62 Å². The van der Waals surface area contributed by atoms with Crippen LogP contribution in [0.15, 0.2) is 24.3 Å². The first kappa shape index (κ1) is 17.5. The van der Waals surface area contributed by atoms with Crippen molar-refractivity contribution >= 4 is 38.3 Å². The minimum atomic E-state index is -3.24. The fourth-order valence-corrected chi connectivity index (χ4v) is 3.84. The standard InChI is InChI=1S/C15H20IN3O2S/c1-22(20,21)18-14-4-2-3-13(11-14)12-19-9-6-15(16,5-8-17)7-10-19/h2-4,11,18H,5-7,9-10,12H2,1H3. The van der Waals surface area contributed by atoms with Crippen molar-refractivity contribution in [3.05, 3.63) is 29.8 Å². The second kappa shape index (κ2) is 7.15. The van der Waals surface area contributed by atoms with Crippen molar-refractivity contribution in [2.45, 2.75) is 29.2 Å². The molecule has 0 radical (unpaired) electrons. The molecule has 1 heterocycles. The Labute approximate surface area is 145 Å². The smallest absolute Gasteiger partial charge is 0.229 e. The van der Waals surface area contributed by atoms with Gasteiger partial charge >= 0.3 is 0 Å². The molecule has 5 nitrogen and oxygen atoms in total. The summed E-state index contributed by atoms with van der Waals surface area (Å²) in [5.74, 6) is 0. The van der Waals surface area contributed by atoms with Crippen molar-refractivity contribution in [2.24, 2.45) is 0 Å². The summed E-state index contributed by atoms with van der Waals surface area (Å²) in [4.78, 5) is 2.36. The molecule has 1 aromatic carbocycles. The molecule has 0 aliphatic carbocycles. The van der Waals surface area contributed by atoms with Gasteiger partial charge in [0.15, 0.2) is 0 Å². The highest BCUT2D eigenvalue weighted by Gasteiger charge is 2.31. The molecular weight excluding hydrogens is 413 g/mol. The van der Waals surface area contributed by atoms with Gasteiger partial charge in [0, 0.05) is 22.1 Å². The summed E-state index contributed by atoms with van der Waals surface area (Å²) in [5.41, 5.74) is 1.69. The van der Waals surface area contributed by atoms with Gasteiger partial charge in [-0.1, -0.05) is 34.7 Å². The van der Waals surface area contributed by atoms with E-state index < -0.39 is 10.0 Å². The van der Waals surface area contributed by atoms with Crippen LogP contribution in [-0.2, 0) is 16.6 Å². The Bertz CT molecular complexity index is 662. The number of likely N-dealkylation sites (tertiary alicyclic amines) is 1. The van der Waals surface area contributed by atoms with Gasteiger partial charge < -0.3 is 0 Å². The van der Waals surface area contributed by atoms with Crippen molar-refractivity contribution < 1.29 is 8.42 Å². The lowest BCUT2D eigenvalue weighted by Crippen LogP contribution is -2.40. The first-order valence-corrected chi connectivity index (χ1v) is 10.1. The summed E-state index contributed by atoms with van der Waals surface area (Å²) in [6.45, 7) is 2.74. The van der Waals surface area contributed by atoms with E-state index in [1.54, 1.807) is 6.07 Å². The SMILES string of the molecule is CS(=O)(=O)Nc1cccc(CN2CCC(I)(CC#N)CC2)c1. The first-order chi connectivity index (χ1) is 10.3. The van der Waals surface area contributed by atoms with Crippen LogP contribution in [0.3, 0.4) is 0 Å². The molecule has 2 rings (SSSR count). The Balaban J connectivity index is 1.95. The van der Waals surface area contributed by atoms with E-state index in [0.29, 0.717) is 12.1 Å². The largest absolute Gasteiger partial charge is 0.299 e. The number of hydrogen-bond acceptors (Lipinski definition) is 4. The third kappa shape index (κ3) is 5.41. The molecule has 22 heavy (non-hydrogen) atoms. The Kier molecular flexibility index (Phi) is 5.69. The van der Waals surface area contributed by atoms with Crippen molar-refractivity contribution in [2.75, 3.05) is 24.1 Å². The number of hydrogen-bond donors (Lipinski definition) is 1. The monoisotopic (exact) mass is 433 g/mol. The molecule has 0 aromatic heterocycles. The number of nitriles is 1. The molecule has 7 heteroatoms. The highest BCUT2D eigenvalue weighted by molar-refractivity contribution is 14.1. The van der Waals surface area contributed by atoms with E-state index in [9.17, 15) is 8.42 Å². The molecule has 1 aliphatic rings. The number of halogens is 1. The van der Waals surface area contributed by atoms with Crippen molar-refractivity contribution in [1.82, 2.24) is 4.90 Å². The second-order valence-corrected chi connectivity index (χ2v) is 9.87. The van der Waals surface area contributed by atoms with Crippen LogP contribution in [0, 0.1) is 11.3 Å². The normalized spacial score (nSPS) is 18.6. The summed E-state index contributed by atoms with van der Waals surface area (Å²) in [6, 6.07) is 9.79. The molecule has 1 fully saturated rings. The van der Waals surface area contributed by atoms with Crippen LogP contribution in [0.5, 0.6) is 0 Å². The second-order valence-electron chi connectivity index (χ2n) is 5.84. The molecule has 0 amide bonds. The molecule has 0 saturated carbocycles. The number of sulfonamides is 1. The maximum absolute atomic E-state index is 11.3. The van der Waals surface area contributed by atoms with E-state index in [2.05, 4.69) is 38.3 Å². The average Bonchev–Trinajstić information content (AvgIpc) is 2.40. The molecule has 1 aliphatic heterocycles. The molecule has 120 valence electrons. The lowest BCUT2D eigenvalue weighted by molar-refractivity contribution is 0.199. The molecule has 1 aromatic rings. The van der Waals surface area contributed by atoms with Crippen molar-refractivity contribution in [3.63, 3.8) is 0 Å². The van der Waals surface area contributed by atoms with Gasteiger partial charge in [-0.15, -0.1) is 0 Å². The highest BCUT2D eigenvalue weighted by atomic mass is 127. The number of benzene rings is 1. The van der Waals surface area contributed by atoms with E-state index >= 15 is 0 Å². The van der Waals surface area contributed by atoms with Gasteiger partial charge in [0.25, 0.3) is 0 Å². The number of anilines is 1. The number of nitrogens with one attached hydrogen (secondary N) is 1. The summed E-state index contributed by atoms with van der Waals surface area (Å²) < 4.78 is 25.2. The fourth-order valence-electron chi connectivity index (χ4n) is 2.64. The van der Waals surface area contributed by atoms with E-state index in [4.69, 9.17) is 5.26 Å². The van der Waals surface area contributed by atoms with Gasteiger partial charge in [-0.2, -0.15) is 5.26 Å². The predicted octanol–water partition coefficient (Wildman–Crippen LogP) is 2.74. The number of alkyl halides is 1. The summed E-state index contributed by atoms with van der Waals surface area (Å²) in [7, 11) is -3.24. The van der Waals surface area contributed by atoms with E-state index in [1.165, 1.54) is 0 Å². The quantitative estimate of drug-likeness (QED) is 0.573. The minimum absolute atomic E-state index is 0.114. The Morgan fingerprint density at radius 1 is 1.41 bits per heavy atom. The summed E-state index contributed by atoms with van der Waals surface area (Å²) >= 11 is 2.43. The Hall–Kier alpha value is -0.850. The lowest BCUT2D eigenvalue weighted by atomic mass is 9.94.